The number of carboxylic acids is 2. The van der Waals surface area contributed by atoms with E-state index >= 15 is 0 Å². The normalized spacial score (nSPS) is 13.5. The van der Waals surface area contributed by atoms with Crippen molar-refractivity contribution in [2.24, 2.45) is 5.73 Å². The first-order chi connectivity index (χ1) is 28.3. The molecule has 0 aliphatic carbocycles. The zero-order valence-corrected chi connectivity index (χ0v) is 31.6. The average molecular weight is 868 g/mol. The summed E-state index contributed by atoms with van der Waals surface area (Å²) in [5.74, 6) is -13.7. The molecule has 19 N–H and O–H groups in total. The number of rotatable bonds is 29. The van der Waals surface area contributed by atoms with Crippen molar-refractivity contribution in [2.75, 3.05) is 65.8 Å². The molecular formula is C30H49N11O19. The molecule has 0 spiro atoms. The van der Waals surface area contributed by atoms with E-state index in [0.717, 1.165) is 0 Å². The molecule has 10 amide bonds. The standard InChI is InChI=1S/C30H49N11O19/c31-3-19(47)32-4-20(48)37-14(8-42)25(54)33-6-22(50)38-15(9-43)26(55)34-7-23(51)39-17(11-45)28(57)41-18(12-46)29(58)40-16(10-44)27(56)35-5-21(49)36-13(30(59)60)1-2-24(52)53/h13-18,42-46H,1-12,31H2,(H,32,47)(H,33,54)(H,34,55)(H,35,56)(H,36,49)(H,37,48)(H,38,50)(H,39,51)(H,40,58)(H,41,57)(H,52,53)(H,59,60)/t13-,14-,15-,16-,17-,18-/m0/s1. The van der Waals surface area contributed by atoms with Crippen molar-refractivity contribution >= 4 is 71.0 Å². The van der Waals surface area contributed by atoms with Gasteiger partial charge in [-0.2, -0.15) is 0 Å². The van der Waals surface area contributed by atoms with Gasteiger partial charge in [-0.15, -0.1) is 0 Å². The third-order valence-electron chi connectivity index (χ3n) is 7.32. The second-order valence-electron chi connectivity index (χ2n) is 11.9. The molecule has 0 saturated carbocycles. The highest BCUT2D eigenvalue weighted by atomic mass is 16.4. The summed E-state index contributed by atoms with van der Waals surface area (Å²) >= 11 is 0. The number of aliphatic hydroxyl groups is 5. The fraction of sp³-hybridized carbons (Fsp3) is 0.600. The summed E-state index contributed by atoms with van der Waals surface area (Å²) in [5.41, 5.74) is 5.08. The van der Waals surface area contributed by atoms with Crippen LogP contribution in [0.3, 0.4) is 0 Å². The summed E-state index contributed by atoms with van der Waals surface area (Å²) in [7, 11) is 0. The van der Waals surface area contributed by atoms with Crippen molar-refractivity contribution in [2.45, 2.75) is 49.1 Å². The van der Waals surface area contributed by atoms with Crippen LogP contribution in [0.2, 0.25) is 0 Å². The van der Waals surface area contributed by atoms with Gasteiger partial charge < -0.3 is 94.6 Å². The molecule has 0 aromatic heterocycles. The van der Waals surface area contributed by atoms with Crippen LogP contribution >= 0.6 is 0 Å². The minimum Gasteiger partial charge on any atom is -0.481 e. The van der Waals surface area contributed by atoms with Crippen LogP contribution in [-0.4, -0.2) is 209 Å². The smallest absolute Gasteiger partial charge is 0.326 e. The van der Waals surface area contributed by atoms with Crippen LogP contribution in [0.5, 0.6) is 0 Å². The summed E-state index contributed by atoms with van der Waals surface area (Å²) in [6.45, 7) is -8.91. The third kappa shape index (κ3) is 21.2. The Morgan fingerprint density at radius 1 is 0.383 bits per heavy atom. The van der Waals surface area contributed by atoms with Crippen LogP contribution in [0.25, 0.3) is 0 Å². The second-order valence-corrected chi connectivity index (χ2v) is 11.9. The maximum absolute atomic E-state index is 12.7. The fourth-order valence-corrected chi connectivity index (χ4v) is 4.14. The summed E-state index contributed by atoms with van der Waals surface area (Å²) in [4.78, 5) is 144. The second kappa shape index (κ2) is 28.7. The molecule has 0 unspecified atom stereocenters. The van der Waals surface area contributed by atoms with Gasteiger partial charge in [0, 0.05) is 6.42 Å². The molecule has 0 radical (unpaired) electrons. The molecule has 0 aliphatic heterocycles. The van der Waals surface area contributed by atoms with Gasteiger partial charge in [0.2, 0.25) is 59.1 Å². The highest BCUT2D eigenvalue weighted by Crippen LogP contribution is 1.98. The molecule has 30 nitrogen and oxygen atoms in total. The van der Waals surface area contributed by atoms with Crippen LogP contribution in [0.1, 0.15) is 12.8 Å². The largest absolute Gasteiger partial charge is 0.481 e. The number of amides is 10. The summed E-state index contributed by atoms with van der Waals surface area (Å²) in [6, 6.07) is -10.4. The Bertz CT molecular complexity index is 1570. The summed E-state index contributed by atoms with van der Waals surface area (Å²) in [6.07, 6.45) is -1.08. The van der Waals surface area contributed by atoms with Crippen molar-refractivity contribution in [3.63, 3.8) is 0 Å². The maximum atomic E-state index is 12.7. The van der Waals surface area contributed by atoms with E-state index in [4.69, 9.17) is 15.9 Å². The van der Waals surface area contributed by atoms with Gasteiger partial charge in [-0.25, -0.2) is 4.79 Å². The number of aliphatic hydroxyl groups excluding tert-OH is 5. The van der Waals surface area contributed by atoms with E-state index in [1.54, 1.807) is 0 Å². The Labute approximate surface area is 338 Å². The average Bonchev–Trinajstić information content (AvgIpc) is 3.21. The number of carbonyl (C=O) groups is 12. The van der Waals surface area contributed by atoms with Gasteiger partial charge in [-0.05, 0) is 6.42 Å². The number of hydrogen-bond donors (Lipinski definition) is 18. The number of carboxylic acid groups (broad SMARTS) is 2. The predicted octanol–water partition coefficient (Wildman–Crippen LogP) is -12.8. The van der Waals surface area contributed by atoms with Crippen LogP contribution in [0.15, 0.2) is 0 Å². The van der Waals surface area contributed by atoms with Gasteiger partial charge in [0.25, 0.3) is 0 Å². The zero-order chi connectivity index (χ0) is 45.9. The van der Waals surface area contributed by atoms with E-state index in [1.807, 2.05) is 37.2 Å². The number of hydrogen-bond acceptors (Lipinski definition) is 18. The Morgan fingerprint density at radius 2 is 0.667 bits per heavy atom. The molecule has 0 saturated heterocycles. The molecule has 30 heteroatoms. The summed E-state index contributed by atoms with van der Waals surface area (Å²) < 4.78 is 0. The van der Waals surface area contributed by atoms with Crippen molar-refractivity contribution in [3.05, 3.63) is 0 Å². The van der Waals surface area contributed by atoms with E-state index in [0.29, 0.717) is 0 Å². The van der Waals surface area contributed by atoms with Crippen molar-refractivity contribution in [1.29, 1.82) is 0 Å². The monoisotopic (exact) mass is 867 g/mol. The van der Waals surface area contributed by atoms with Gasteiger partial charge in [0.1, 0.15) is 36.3 Å². The van der Waals surface area contributed by atoms with E-state index in [2.05, 4.69) is 16.0 Å². The molecule has 338 valence electrons. The highest BCUT2D eigenvalue weighted by Gasteiger charge is 2.30. The highest BCUT2D eigenvalue weighted by molar-refractivity contribution is 5.97. The first-order valence-electron chi connectivity index (χ1n) is 17.3. The molecule has 60 heavy (non-hydrogen) atoms. The van der Waals surface area contributed by atoms with Gasteiger partial charge in [0.15, 0.2) is 0 Å². The minimum atomic E-state index is -1.87. The molecule has 0 bridgehead atoms. The quantitative estimate of drug-likeness (QED) is 0.0332. The maximum Gasteiger partial charge on any atom is 0.326 e. The summed E-state index contributed by atoms with van der Waals surface area (Å²) in [5, 5.41) is 85.8. The van der Waals surface area contributed by atoms with Gasteiger partial charge in [-0.3, -0.25) is 52.7 Å². The lowest BCUT2D eigenvalue weighted by Gasteiger charge is -2.23. The van der Waals surface area contributed by atoms with Gasteiger partial charge in [-0.1, -0.05) is 0 Å². The number of nitrogens with two attached hydrogens (primary N) is 1. The van der Waals surface area contributed by atoms with Gasteiger partial charge in [0.05, 0.1) is 65.8 Å². The Kier molecular flexibility index (Phi) is 25.6. The van der Waals surface area contributed by atoms with E-state index < -0.39 is 186 Å². The van der Waals surface area contributed by atoms with Crippen molar-refractivity contribution in [1.82, 2.24) is 53.2 Å². The third-order valence-corrected chi connectivity index (χ3v) is 7.32. The molecule has 0 aromatic rings. The molecule has 6 atom stereocenters. The lowest BCUT2D eigenvalue weighted by Crippen LogP contribution is -2.60. The molecule has 0 aromatic carbocycles. The Balaban J connectivity index is 5.05. The number of aliphatic carboxylic acids is 2. The van der Waals surface area contributed by atoms with Crippen molar-refractivity contribution in [3.8, 4) is 0 Å². The predicted molar refractivity (Wildman–Crippen MR) is 193 cm³/mol. The SMILES string of the molecule is NCC(=O)NCC(=O)N[C@@H](CO)C(=O)NCC(=O)N[C@@H](CO)C(=O)NCC(=O)N[C@@H](CO)C(=O)N[C@@H](CO)C(=O)N[C@@H](CO)C(=O)NCC(=O)N[C@@H](CCC(=O)O)C(=O)O. The van der Waals surface area contributed by atoms with Crippen LogP contribution in [0, 0.1) is 0 Å². The number of nitrogens with one attached hydrogen (secondary N) is 10. The van der Waals surface area contributed by atoms with Crippen molar-refractivity contribution < 1.29 is 93.3 Å². The minimum absolute atomic E-state index is 0.411. The number of carbonyl (C=O) groups excluding carboxylic acids is 10. The van der Waals surface area contributed by atoms with E-state index in [-0.39, 0.29) is 0 Å². The van der Waals surface area contributed by atoms with Gasteiger partial charge >= 0.3 is 11.9 Å². The molecule has 0 heterocycles. The zero-order valence-electron chi connectivity index (χ0n) is 31.6. The molecule has 0 rings (SSSR count). The lowest BCUT2D eigenvalue weighted by atomic mass is 10.1. The topological polar surface area (TPSA) is 493 Å². The van der Waals surface area contributed by atoms with Crippen LogP contribution in [0.4, 0.5) is 0 Å². The van der Waals surface area contributed by atoms with Crippen LogP contribution < -0.4 is 58.9 Å². The molecule has 0 aliphatic rings. The lowest BCUT2D eigenvalue weighted by molar-refractivity contribution is -0.143. The van der Waals surface area contributed by atoms with E-state index in [9.17, 15) is 83.1 Å². The Hall–Kier alpha value is -6.60. The van der Waals surface area contributed by atoms with Crippen LogP contribution in [-0.2, 0) is 57.5 Å². The first kappa shape index (κ1) is 53.4. The molecule has 0 fully saturated rings. The molecular weight excluding hydrogens is 818 g/mol. The fourth-order valence-electron chi connectivity index (χ4n) is 4.14. The first-order valence-corrected chi connectivity index (χ1v) is 17.3. The Morgan fingerprint density at radius 3 is 0.967 bits per heavy atom. The van der Waals surface area contributed by atoms with E-state index in [1.165, 1.54) is 0 Å².